The lowest BCUT2D eigenvalue weighted by Gasteiger charge is -2.29. The minimum atomic E-state index is -1.97. The van der Waals surface area contributed by atoms with E-state index in [1.54, 1.807) is 0 Å². The van der Waals surface area contributed by atoms with Crippen LogP contribution in [0.2, 0.25) is 0 Å². The molecule has 0 bridgehead atoms. The van der Waals surface area contributed by atoms with E-state index in [9.17, 15) is 69.0 Å². The fourth-order valence-corrected chi connectivity index (χ4v) is 5.50. The number of hydrogen-bond donors (Lipinski definition) is 7. The van der Waals surface area contributed by atoms with Gasteiger partial charge in [0.25, 0.3) is 0 Å². The number of aliphatic hydroxyl groups excluding tert-OH is 1. The Kier molecular flexibility index (Phi) is 11.6. The number of carbonyl (C=O) groups is 8. The van der Waals surface area contributed by atoms with Crippen molar-refractivity contribution in [1.29, 1.82) is 0 Å². The Morgan fingerprint density at radius 1 is 0.904 bits per heavy atom. The predicted molar refractivity (Wildman–Crippen MR) is 165 cm³/mol. The number of aromatic hydroxyl groups is 2. The highest BCUT2D eigenvalue weighted by molar-refractivity contribution is 6.15. The van der Waals surface area contributed by atoms with E-state index in [0.29, 0.717) is 0 Å². The predicted octanol–water partition coefficient (Wildman–Crippen LogP) is 1.20. The van der Waals surface area contributed by atoms with Gasteiger partial charge in [0.2, 0.25) is 0 Å². The second-order valence-electron chi connectivity index (χ2n) is 12.1. The van der Waals surface area contributed by atoms with Gasteiger partial charge in [-0.25, -0.2) is 9.59 Å². The Labute approximate surface area is 291 Å². The number of ether oxygens (including phenoxy) is 4. The summed E-state index contributed by atoms with van der Waals surface area (Å²) in [5.74, 6) is -14.0. The molecule has 7 N–H and O–H groups in total. The summed E-state index contributed by atoms with van der Waals surface area (Å²) in [5.41, 5.74) is -3.87. The summed E-state index contributed by atoms with van der Waals surface area (Å²) in [6, 6.07) is 2.43. The Hall–Kier alpha value is -5.92. The maximum absolute atomic E-state index is 14.1. The third-order valence-electron chi connectivity index (χ3n) is 8.02. The molecule has 1 saturated heterocycles. The molecular formula is C33H32O19. The smallest absolute Gasteiger partial charge is 0.343 e. The first-order valence-corrected chi connectivity index (χ1v) is 15.5. The van der Waals surface area contributed by atoms with Crippen LogP contribution in [-0.4, -0.2) is 108 Å². The van der Waals surface area contributed by atoms with Crippen LogP contribution in [-0.2, 0) is 44.6 Å². The highest BCUT2D eigenvalue weighted by Crippen LogP contribution is 2.45. The van der Waals surface area contributed by atoms with Crippen LogP contribution >= 0.6 is 0 Å². The van der Waals surface area contributed by atoms with E-state index in [0.717, 1.165) is 18.2 Å². The third kappa shape index (κ3) is 8.17. The normalized spacial score (nSPS) is 20.8. The number of phenolic OH excluding ortho intramolecular Hbond substituents is 1. The zero-order valence-electron chi connectivity index (χ0n) is 27.3. The first-order chi connectivity index (χ1) is 24.3. The molecule has 52 heavy (non-hydrogen) atoms. The van der Waals surface area contributed by atoms with Crippen molar-refractivity contribution < 1.29 is 93.0 Å². The van der Waals surface area contributed by atoms with E-state index in [-0.39, 0.29) is 12.0 Å². The monoisotopic (exact) mass is 732 g/mol. The van der Waals surface area contributed by atoms with Gasteiger partial charge in [-0.3, -0.25) is 28.8 Å². The van der Waals surface area contributed by atoms with Crippen molar-refractivity contribution in [2.45, 2.75) is 76.7 Å². The third-order valence-corrected chi connectivity index (χ3v) is 8.02. The lowest BCUT2D eigenvalue weighted by molar-refractivity contribution is -0.203. The van der Waals surface area contributed by atoms with Crippen LogP contribution in [0.15, 0.2) is 18.2 Å². The molecule has 2 aliphatic rings. The molecule has 4 rings (SSSR count). The maximum atomic E-state index is 14.1. The van der Waals surface area contributed by atoms with Gasteiger partial charge >= 0.3 is 35.8 Å². The number of ketones is 2. The minimum absolute atomic E-state index is 0.158. The van der Waals surface area contributed by atoms with E-state index < -0.39 is 155 Å². The molecular weight excluding hydrogens is 700 g/mol. The van der Waals surface area contributed by atoms with Crippen LogP contribution in [0.3, 0.4) is 0 Å². The van der Waals surface area contributed by atoms with Gasteiger partial charge in [-0.1, -0.05) is 13.8 Å². The standard InChI is InChI=1S/C33H32O19/c1-11(2)32(48)51-28-26(43)33(52-29(28)31(46)47)49-19-10-22(40)50-27-15(19)9-16(25(42)23(27)30(44)45)24(41)13-8-14(17(34)4-3-5-20(36)37)18(35)6-12(13)7-21(38)39/h6,8-9,11,19,26,28-29,33,35,42-43H,3-5,7,10H2,1-2H3,(H,36,37)(H,38,39)(H,44,45)(H,46,47). The van der Waals surface area contributed by atoms with E-state index in [1.807, 2.05) is 0 Å². The number of carbonyl (C=O) groups excluding carboxylic acids is 4. The first kappa shape index (κ1) is 38.9. The number of carboxylic acid groups (broad SMARTS) is 4. The molecule has 0 saturated carbocycles. The number of hydrogen-bond acceptors (Lipinski definition) is 15. The molecule has 2 aliphatic heterocycles. The second kappa shape index (κ2) is 15.5. The summed E-state index contributed by atoms with van der Waals surface area (Å²) in [7, 11) is 0. The number of Topliss-reactive ketones (excluding diaryl/α,β-unsaturated/α-hetero) is 1. The highest BCUT2D eigenvalue weighted by atomic mass is 16.7. The lowest BCUT2D eigenvalue weighted by atomic mass is 9.88. The molecule has 19 nitrogen and oxygen atoms in total. The average Bonchev–Trinajstić information content (AvgIpc) is 3.33. The molecule has 0 radical (unpaired) electrons. The molecule has 1 fully saturated rings. The molecule has 0 aromatic heterocycles. The summed E-state index contributed by atoms with van der Waals surface area (Å²) in [6.07, 6.45) is -11.9. The lowest BCUT2D eigenvalue weighted by Crippen LogP contribution is -2.41. The Balaban J connectivity index is 1.82. The Morgan fingerprint density at radius 3 is 2.15 bits per heavy atom. The quantitative estimate of drug-likeness (QED) is 0.0768. The van der Waals surface area contributed by atoms with Gasteiger partial charge in [0.15, 0.2) is 35.8 Å². The van der Waals surface area contributed by atoms with E-state index >= 15 is 0 Å². The van der Waals surface area contributed by atoms with Gasteiger partial charge in [-0.15, -0.1) is 0 Å². The summed E-state index contributed by atoms with van der Waals surface area (Å²) < 4.78 is 21.2. The molecule has 0 aliphatic carbocycles. The van der Waals surface area contributed by atoms with Gasteiger partial charge in [0, 0.05) is 24.0 Å². The fraction of sp³-hybridized carbons (Fsp3) is 0.394. The van der Waals surface area contributed by atoms with Crippen LogP contribution in [0, 0.1) is 5.92 Å². The topological polar surface area (TPSA) is 315 Å². The van der Waals surface area contributed by atoms with Crippen molar-refractivity contribution in [2.24, 2.45) is 5.92 Å². The van der Waals surface area contributed by atoms with Crippen molar-refractivity contribution >= 4 is 47.4 Å². The van der Waals surface area contributed by atoms with Crippen molar-refractivity contribution in [3.8, 4) is 17.2 Å². The number of carboxylic acids is 4. The Bertz CT molecular complexity index is 1860. The average molecular weight is 733 g/mol. The number of esters is 2. The molecule has 2 aromatic carbocycles. The molecule has 278 valence electrons. The van der Waals surface area contributed by atoms with Crippen molar-refractivity contribution in [1.82, 2.24) is 0 Å². The van der Waals surface area contributed by atoms with Crippen molar-refractivity contribution in [3.63, 3.8) is 0 Å². The zero-order chi connectivity index (χ0) is 38.8. The fourth-order valence-electron chi connectivity index (χ4n) is 5.50. The largest absolute Gasteiger partial charge is 0.507 e. The molecule has 2 heterocycles. The van der Waals surface area contributed by atoms with Gasteiger partial charge < -0.3 is 54.7 Å². The molecule has 0 spiro atoms. The SMILES string of the molecule is CC(C)C(=O)OC1C(C(=O)O)OC(OC2CC(=O)Oc3c2cc(C(=O)c2cc(C(=O)CCCC(=O)O)c(O)cc2CC(=O)O)c(O)c3C(=O)O)C1O. The van der Waals surface area contributed by atoms with Gasteiger partial charge in [-0.2, -0.15) is 0 Å². The van der Waals surface area contributed by atoms with Gasteiger partial charge in [-0.05, 0) is 30.2 Å². The number of benzene rings is 2. The summed E-state index contributed by atoms with van der Waals surface area (Å²) in [6.45, 7) is 2.88. The van der Waals surface area contributed by atoms with Crippen LogP contribution in [0.25, 0.3) is 0 Å². The molecule has 19 heteroatoms. The summed E-state index contributed by atoms with van der Waals surface area (Å²) >= 11 is 0. The Morgan fingerprint density at radius 2 is 1.58 bits per heavy atom. The van der Waals surface area contributed by atoms with Gasteiger partial charge in [0.1, 0.15) is 23.2 Å². The molecule has 5 unspecified atom stereocenters. The number of fused-ring (bicyclic) bond motifs is 1. The van der Waals surface area contributed by atoms with Crippen LogP contribution in [0.4, 0.5) is 0 Å². The number of rotatable bonds is 15. The van der Waals surface area contributed by atoms with Crippen molar-refractivity contribution in [3.05, 3.63) is 51.6 Å². The van der Waals surface area contributed by atoms with Crippen LogP contribution < -0.4 is 4.74 Å². The first-order valence-electron chi connectivity index (χ1n) is 15.5. The number of aliphatic carboxylic acids is 3. The van der Waals surface area contributed by atoms with Crippen LogP contribution in [0.1, 0.15) is 93.4 Å². The molecule has 2 aromatic rings. The number of aromatic carboxylic acids is 1. The van der Waals surface area contributed by atoms with E-state index in [4.69, 9.17) is 24.1 Å². The zero-order valence-corrected chi connectivity index (χ0v) is 27.3. The maximum Gasteiger partial charge on any atom is 0.343 e. The number of aliphatic hydroxyl groups is 1. The van der Waals surface area contributed by atoms with Gasteiger partial charge in [0.05, 0.1) is 36.0 Å². The highest BCUT2D eigenvalue weighted by Gasteiger charge is 2.52. The van der Waals surface area contributed by atoms with E-state index in [1.165, 1.54) is 13.8 Å². The second-order valence-corrected chi connectivity index (χ2v) is 12.1. The van der Waals surface area contributed by atoms with Crippen LogP contribution in [0.5, 0.6) is 17.2 Å². The van der Waals surface area contributed by atoms with E-state index in [2.05, 4.69) is 0 Å². The summed E-state index contributed by atoms with van der Waals surface area (Å²) in [4.78, 5) is 98.6. The number of phenols is 2. The molecule has 5 atom stereocenters. The summed E-state index contributed by atoms with van der Waals surface area (Å²) in [5, 5.41) is 70.5. The van der Waals surface area contributed by atoms with Crippen molar-refractivity contribution in [2.75, 3.05) is 0 Å². The minimum Gasteiger partial charge on any atom is -0.507 e. The molecule has 0 amide bonds.